The van der Waals surface area contributed by atoms with Crippen LogP contribution in [0.25, 0.3) is 0 Å². The van der Waals surface area contributed by atoms with Crippen molar-refractivity contribution in [2.24, 2.45) is 10.9 Å². The van der Waals surface area contributed by atoms with Crippen molar-refractivity contribution in [2.75, 3.05) is 26.2 Å². The molecular formula is C23H36IN5. The average Bonchev–Trinajstić information content (AvgIpc) is 2.75. The highest BCUT2D eigenvalue weighted by Gasteiger charge is 2.23. The summed E-state index contributed by atoms with van der Waals surface area (Å²) in [4.78, 5) is 7.42. The molecule has 2 fully saturated rings. The van der Waals surface area contributed by atoms with E-state index in [0.29, 0.717) is 18.2 Å². The second kappa shape index (κ2) is 13.1. The van der Waals surface area contributed by atoms with Gasteiger partial charge in [0.15, 0.2) is 5.96 Å². The normalized spacial score (nSPS) is 19.2. The lowest BCUT2D eigenvalue weighted by Gasteiger charge is -2.36. The van der Waals surface area contributed by atoms with Crippen LogP contribution in [0.3, 0.4) is 0 Å². The Bertz CT molecular complexity index is 653. The number of guanidine groups is 1. The van der Waals surface area contributed by atoms with Gasteiger partial charge in [-0.1, -0.05) is 31.4 Å². The monoisotopic (exact) mass is 509 g/mol. The molecule has 2 N–H and O–H groups in total. The Hall–Kier alpha value is -1.33. The number of likely N-dealkylation sites (tertiary alicyclic amines) is 1. The van der Waals surface area contributed by atoms with Gasteiger partial charge in [-0.25, -0.2) is 4.99 Å². The molecule has 29 heavy (non-hydrogen) atoms. The molecule has 1 aliphatic carbocycles. The van der Waals surface area contributed by atoms with E-state index in [0.717, 1.165) is 24.0 Å². The average molecular weight is 509 g/mol. The Morgan fingerprint density at radius 1 is 1.10 bits per heavy atom. The number of hydrogen-bond acceptors (Lipinski definition) is 3. The van der Waals surface area contributed by atoms with Gasteiger partial charge < -0.3 is 15.5 Å². The molecule has 3 rings (SSSR count). The van der Waals surface area contributed by atoms with Crippen LogP contribution < -0.4 is 10.6 Å². The van der Waals surface area contributed by atoms with Crippen molar-refractivity contribution >= 4 is 29.9 Å². The van der Waals surface area contributed by atoms with Gasteiger partial charge in [-0.05, 0) is 56.2 Å². The van der Waals surface area contributed by atoms with E-state index >= 15 is 0 Å². The lowest BCUT2D eigenvalue weighted by atomic mass is 9.88. The third-order valence-corrected chi connectivity index (χ3v) is 6.02. The van der Waals surface area contributed by atoms with Crippen molar-refractivity contribution in [3.63, 3.8) is 0 Å². The van der Waals surface area contributed by atoms with E-state index in [1.54, 1.807) is 0 Å². The van der Waals surface area contributed by atoms with Crippen LogP contribution in [0.15, 0.2) is 29.3 Å². The van der Waals surface area contributed by atoms with E-state index < -0.39 is 0 Å². The molecular weight excluding hydrogens is 473 g/mol. The molecule has 1 aliphatic heterocycles. The van der Waals surface area contributed by atoms with Crippen molar-refractivity contribution in [3.8, 4) is 6.07 Å². The lowest BCUT2D eigenvalue weighted by Crippen LogP contribution is -2.49. The number of nitrogens with one attached hydrogen (secondary N) is 2. The maximum atomic E-state index is 8.91. The zero-order valence-corrected chi connectivity index (χ0v) is 20.0. The second-order valence-electron chi connectivity index (χ2n) is 8.23. The highest BCUT2D eigenvalue weighted by molar-refractivity contribution is 14.0. The van der Waals surface area contributed by atoms with Gasteiger partial charge in [0.2, 0.25) is 0 Å². The predicted molar refractivity (Wildman–Crippen MR) is 131 cm³/mol. The largest absolute Gasteiger partial charge is 0.357 e. The topological polar surface area (TPSA) is 63.5 Å². The van der Waals surface area contributed by atoms with E-state index in [9.17, 15) is 0 Å². The van der Waals surface area contributed by atoms with Crippen LogP contribution in [-0.4, -0.2) is 43.1 Å². The number of aliphatic imine (C=N–C) groups is 1. The smallest absolute Gasteiger partial charge is 0.191 e. The van der Waals surface area contributed by atoms with Gasteiger partial charge in [0, 0.05) is 32.2 Å². The molecule has 1 saturated carbocycles. The zero-order chi connectivity index (χ0) is 19.6. The Balaban J connectivity index is 0.00000300. The van der Waals surface area contributed by atoms with E-state index in [1.807, 2.05) is 24.3 Å². The number of benzene rings is 1. The molecule has 0 amide bonds. The van der Waals surface area contributed by atoms with Gasteiger partial charge in [-0.2, -0.15) is 5.26 Å². The van der Waals surface area contributed by atoms with Gasteiger partial charge in [-0.3, -0.25) is 0 Å². The second-order valence-corrected chi connectivity index (χ2v) is 8.23. The number of piperidine rings is 1. The summed E-state index contributed by atoms with van der Waals surface area (Å²) in [7, 11) is 0. The Morgan fingerprint density at radius 3 is 2.41 bits per heavy atom. The molecule has 160 valence electrons. The Morgan fingerprint density at radius 2 is 1.79 bits per heavy atom. The molecule has 1 aromatic rings. The van der Waals surface area contributed by atoms with E-state index in [1.165, 1.54) is 64.6 Å². The molecule has 0 spiro atoms. The van der Waals surface area contributed by atoms with Crippen LogP contribution in [0.4, 0.5) is 0 Å². The molecule has 0 unspecified atom stereocenters. The van der Waals surface area contributed by atoms with Crippen molar-refractivity contribution < 1.29 is 0 Å². The number of rotatable bonds is 6. The molecule has 0 aromatic heterocycles. The summed E-state index contributed by atoms with van der Waals surface area (Å²) in [6.07, 6.45) is 9.56. The van der Waals surface area contributed by atoms with Crippen LogP contribution in [0.2, 0.25) is 0 Å². The summed E-state index contributed by atoms with van der Waals surface area (Å²) in [6, 6.07) is 10.3. The van der Waals surface area contributed by atoms with Crippen LogP contribution in [0, 0.1) is 17.2 Å². The van der Waals surface area contributed by atoms with Crippen LogP contribution in [0.1, 0.15) is 63.0 Å². The van der Waals surface area contributed by atoms with E-state index in [2.05, 4.69) is 28.5 Å². The Kier molecular flexibility index (Phi) is 10.8. The van der Waals surface area contributed by atoms with Crippen molar-refractivity contribution in [2.45, 2.75) is 64.5 Å². The fourth-order valence-electron chi connectivity index (χ4n) is 4.36. The minimum absolute atomic E-state index is 0. The van der Waals surface area contributed by atoms with Crippen LogP contribution in [-0.2, 0) is 6.54 Å². The van der Waals surface area contributed by atoms with Gasteiger partial charge >= 0.3 is 0 Å². The molecule has 0 atom stereocenters. The molecule has 6 heteroatoms. The fraction of sp³-hybridized carbons (Fsp3) is 0.652. The molecule has 1 heterocycles. The van der Waals surface area contributed by atoms with Crippen molar-refractivity contribution in [1.82, 2.24) is 15.5 Å². The summed E-state index contributed by atoms with van der Waals surface area (Å²) in [5.74, 6) is 1.84. The maximum Gasteiger partial charge on any atom is 0.191 e. The first-order chi connectivity index (χ1) is 13.8. The minimum atomic E-state index is 0. The van der Waals surface area contributed by atoms with Crippen LogP contribution >= 0.6 is 24.0 Å². The molecule has 1 saturated heterocycles. The number of nitrogens with zero attached hydrogens (tertiary/aromatic N) is 3. The van der Waals surface area contributed by atoms with Crippen LogP contribution in [0.5, 0.6) is 0 Å². The predicted octanol–water partition coefficient (Wildman–Crippen LogP) is 4.28. The number of hydrogen-bond donors (Lipinski definition) is 2. The summed E-state index contributed by atoms with van der Waals surface area (Å²) in [6.45, 7) is 7.29. The van der Waals surface area contributed by atoms with Gasteiger partial charge in [0.05, 0.1) is 18.2 Å². The first-order valence-electron chi connectivity index (χ1n) is 11.0. The highest BCUT2D eigenvalue weighted by atomic mass is 127. The Labute approximate surface area is 193 Å². The highest BCUT2D eigenvalue weighted by Crippen LogP contribution is 2.25. The summed E-state index contributed by atoms with van der Waals surface area (Å²) < 4.78 is 0. The quantitative estimate of drug-likeness (QED) is 0.342. The lowest BCUT2D eigenvalue weighted by molar-refractivity contribution is 0.160. The first kappa shape index (κ1) is 23.9. The van der Waals surface area contributed by atoms with Gasteiger partial charge in [0.1, 0.15) is 0 Å². The number of halogens is 1. The molecule has 0 radical (unpaired) electrons. The number of nitriles is 1. The van der Waals surface area contributed by atoms with Gasteiger partial charge in [-0.15, -0.1) is 24.0 Å². The molecule has 5 nitrogen and oxygen atoms in total. The first-order valence-corrected chi connectivity index (χ1v) is 11.0. The standard InChI is InChI=1S/C23H35N5.HI/c1-2-25-23(26-17-20-10-8-19(16-24)9-11-20)27-22-12-14-28(15-13-22)18-21-6-4-3-5-7-21;/h8-11,21-22H,2-7,12-15,17-18H2,1H3,(H2,25,26,27);1H. The van der Waals surface area contributed by atoms with Crippen molar-refractivity contribution in [3.05, 3.63) is 35.4 Å². The SMILES string of the molecule is CCNC(=NCc1ccc(C#N)cc1)NC1CCN(CC2CCCCC2)CC1.I. The zero-order valence-electron chi connectivity index (χ0n) is 17.7. The molecule has 2 aliphatic rings. The summed E-state index contributed by atoms with van der Waals surface area (Å²) >= 11 is 0. The van der Waals surface area contributed by atoms with Crippen molar-refractivity contribution in [1.29, 1.82) is 5.26 Å². The third kappa shape index (κ3) is 8.13. The van der Waals surface area contributed by atoms with E-state index in [4.69, 9.17) is 10.3 Å². The maximum absolute atomic E-state index is 8.91. The summed E-state index contributed by atoms with van der Waals surface area (Å²) in [5, 5.41) is 15.9. The molecule has 1 aromatic carbocycles. The fourth-order valence-corrected chi connectivity index (χ4v) is 4.36. The molecule has 0 bridgehead atoms. The van der Waals surface area contributed by atoms with Gasteiger partial charge in [0.25, 0.3) is 0 Å². The van der Waals surface area contributed by atoms with E-state index in [-0.39, 0.29) is 24.0 Å². The third-order valence-electron chi connectivity index (χ3n) is 6.02. The minimum Gasteiger partial charge on any atom is -0.357 e. The summed E-state index contributed by atoms with van der Waals surface area (Å²) in [5.41, 5.74) is 1.82.